The van der Waals surface area contributed by atoms with Gasteiger partial charge in [0, 0.05) is 19.8 Å². The van der Waals surface area contributed by atoms with E-state index in [1.165, 1.54) is 0 Å². The molecular weight excluding hydrogens is 503 g/mol. The number of carbonyl (C=O) groups excluding carboxylic acids is 2. The van der Waals surface area contributed by atoms with E-state index in [2.05, 4.69) is 31.9 Å². The number of aryl methyl sites for hydroxylation is 2. The maximum absolute atomic E-state index is 14.3. The monoisotopic (exact) mass is 518 g/mol. The highest BCUT2D eigenvalue weighted by Gasteiger charge is 2.44. The van der Waals surface area contributed by atoms with Crippen LogP contribution in [0.2, 0.25) is 0 Å². The largest absolute Gasteiger partial charge is 0.302 e. The average molecular weight is 520 g/mol. The molecule has 0 aliphatic carbocycles. The lowest BCUT2D eigenvalue weighted by Gasteiger charge is -2.20. The van der Waals surface area contributed by atoms with Crippen LogP contribution < -0.4 is 5.30 Å². The molecule has 28 heavy (non-hydrogen) atoms. The van der Waals surface area contributed by atoms with Crippen LogP contribution in [0.1, 0.15) is 31.8 Å². The molecule has 3 nitrogen and oxygen atoms in total. The van der Waals surface area contributed by atoms with Gasteiger partial charge < -0.3 is 4.57 Å². The van der Waals surface area contributed by atoms with Crippen molar-refractivity contribution < 1.29 is 14.2 Å². The summed E-state index contributed by atoms with van der Waals surface area (Å²) in [5.74, 6) is 0. The van der Waals surface area contributed by atoms with Crippen LogP contribution in [0, 0.1) is 13.8 Å². The van der Waals surface area contributed by atoms with Crippen molar-refractivity contribution in [2.75, 3.05) is 0 Å². The minimum Gasteiger partial charge on any atom is -0.302 e. The number of hydrogen-bond acceptors (Lipinski definition) is 3. The molecule has 0 aromatic heterocycles. The second-order valence-electron chi connectivity index (χ2n) is 6.42. The Hall–Kier alpha value is -1.81. The molecule has 142 valence electrons. The van der Waals surface area contributed by atoms with Crippen LogP contribution in [-0.4, -0.2) is 11.0 Å². The van der Waals surface area contributed by atoms with Gasteiger partial charge in [0.25, 0.3) is 0 Å². The lowest BCUT2D eigenvalue weighted by Crippen LogP contribution is -2.22. The molecule has 3 aromatic carbocycles. The van der Waals surface area contributed by atoms with Gasteiger partial charge in [-0.15, -0.1) is 0 Å². The molecule has 1 atom stereocenters. The molecule has 0 saturated heterocycles. The highest BCUT2D eigenvalue weighted by Crippen LogP contribution is 2.53. The predicted molar refractivity (Wildman–Crippen MR) is 120 cm³/mol. The van der Waals surface area contributed by atoms with E-state index < -0.39 is 18.2 Å². The van der Waals surface area contributed by atoms with Gasteiger partial charge in [-0.2, -0.15) is 0 Å². The van der Waals surface area contributed by atoms with E-state index >= 15 is 0 Å². The molecule has 3 aromatic rings. The molecule has 1 unspecified atom stereocenters. The fraction of sp³-hybridized carbons (Fsp3) is 0.0909. The van der Waals surface area contributed by atoms with Crippen molar-refractivity contribution in [2.24, 2.45) is 0 Å². The van der Waals surface area contributed by atoms with Gasteiger partial charge in [-0.25, -0.2) is 0 Å². The quantitative estimate of drug-likeness (QED) is 0.361. The van der Waals surface area contributed by atoms with E-state index in [9.17, 15) is 14.2 Å². The normalized spacial score (nSPS) is 13.0. The van der Waals surface area contributed by atoms with Crippen molar-refractivity contribution in [1.82, 2.24) is 0 Å². The number of carbonyl (C=O) groups is 2. The summed E-state index contributed by atoms with van der Waals surface area (Å²) in [5, 5.41) is 0.232. The highest BCUT2D eigenvalue weighted by molar-refractivity contribution is 9.11. The maximum atomic E-state index is 14.3. The van der Waals surface area contributed by atoms with Crippen molar-refractivity contribution in [1.29, 1.82) is 0 Å². The summed E-state index contributed by atoms with van der Waals surface area (Å²) in [6, 6.07) is 18.8. The minimum absolute atomic E-state index is 0.203. The Bertz CT molecular complexity index is 1020. The van der Waals surface area contributed by atoms with Gasteiger partial charge in [-0.1, -0.05) is 54.6 Å². The van der Waals surface area contributed by atoms with Crippen LogP contribution in [0.3, 0.4) is 0 Å². The van der Waals surface area contributed by atoms with Gasteiger partial charge in [-0.3, -0.25) is 9.59 Å². The SMILES string of the molecule is Cc1cccc(C)c1C(=O)P(=O)(C(=O)c1c(Br)cccc1Br)c1ccccc1. The molecule has 0 radical (unpaired) electrons. The summed E-state index contributed by atoms with van der Waals surface area (Å²) < 4.78 is 15.3. The third-order valence-corrected chi connectivity index (χ3v) is 8.50. The van der Waals surface area contributed by atoms with Crippen LogP contribution in [0.4, 0.5) is 0 Å². The first-order chi connectivity index (χ1) is 13.3. The number of rotatable bonds is 5. The summed E-state index contributed by atoms with van der Waals surface area (Å²) in [5.41, 5.74) is 0.605. The van der Waals surface area contributed by atoms with Crippen LogP contribution >= 0.6 is 39.0 Å². The first-order valence-corrected chi connectivity index (χ1v) is 11.8. The van der Waals surface area contributed by atoms with Gasteiger partial charge in [-0.05, 0) is 69.0 Å². The summed E-state index contributed by atoms with van der Waals surface area (Å²) in [4.78, 5) is 27.2. The summed E-state index contributed by atoms with van der Waals surface area (Å²) in [6.07, 6.45) is 0. The van der Waals surface area contributed by atoms with Crippen molar-refractivity contribution in [3.63, 3.8) is 0 Å². The van der Waals surface area contributed by atoms with Crippen LogP contribution in [0.15, 0.2) is 75.7 Å². The number of halogens is 2. The summed E-state index contributed by atoms with van der Waals surface area (Å²) in [7, 11) is -4.14. The Kier molecular flexibility index (Phi) is 6.18. The zero-order chi connectivity index (χ0) is 20.5. The molecule has 0 amide bonds. The Morgan fingerprint density at radius 1 is 0.679 bits per heavy atom. The van der Waals surface area contributed by atoms with E-state index in [1.807, 2.05) is 6.07 Å². The molecule has 0 bridgehead atoms. The smallest absolute Gasteiger partial charge is 0.248 e. The Morgan fingerprint density at radius 3 is 1.68 bits per heavy atom. The molecule has 0 N–H and O–H groups in total. The third-order valence-electron chi connectivity index (χ3n) is 4.56. The summed E-state index contributed by atoms with van der Waals surface area (Å²) >= 11 is 6.73. The van der Waals surface area contributed by atoms with Gasteiger partial charge in [0.2, 0.25) is 18.2 Å². The zero-order valence-corrected chi connectivity index (χ0v) is 19.3. The van der Waals surface area contributed by atoms with Crippen molar-refractivity contribution in [3.8, 4) is 0 Å². The predicted octanol–water partition coefficient (Wildman–Crippen LogP) is 6.50. The minimum atomic E-state index is -4.14. The van der Waals surface area contributed by atoms with E-state index in [1.54, 1.807) is 74.5 Å². The second kappa shape index (κ2) is 8.28. The fourth-order valence-corrected chi connectivity index (χ4v) is 7.27. The molecule has 3 rings (SSSR count). The molecule has 0 aliphatic rings. The van der Waals surface area contributed by atoms with Crippen molar-refractivity contribution >= 4 is 55.4 Å². The maximum Gasteiger partial charge on any atom is 0.248 e. The van der Waals surface area contributed by atoms with Crippen molar-refractivity contribution in [2.45, 2.75) is 13.8 Å². The molecule has 6 heteroatoms. The molecule has 0 spiro atoms. The summed E-state index contributed by atoms with van der Waals surface area (Å²) in [6.45, 7) is 3.57. The standard InChI is InChI=1S/C22H17Br2O3P/c1-14-8-6-9-15(2)19(14)21(25)28(27,16-10-4-3-5-11-16)22(26)20-17(23)12-7-13-18(20)24/h3-13H,1-2H3. The topological polar surface area (TPSA) is 51.2 Å². The third kappa shape index (κ3) is 3.59. The molecule has 0 saturated carbocycles. The zero-order valence-electron chi connectivity index (χ0n) is 15.3. The Labute approximate surface area is 180 Å². The lowest BCUT2D eigenvalue weighted by atomic mass is 10.0. The second-order valence-corrected chi connectivity index (χ2v) is 10.7. The van der Waals surface area contributed by atoms with Gasteiger partial charge in [0.05, 0.1) is 5.56 Å². The first-order valence-electron chi connectivity index (χ1n) is 8.54. The fourth-order valence-electron chi connectivity index (χ4n) is 3.13. The molecule has 0 heterocycles. The van der Waals surface area contributed by atoms with Crippen LogP contribution in [0.25, 0.3) is 0 Å². The lowest BCUT2D eigenvalue weighted by molar-refractivity contribution is 0.104. The van der Waals surface area contributed by atoms with E-state index in [0.29, 0.717) is 25.6 Å². The van der Waals surface area contributed by atoms with Crippen molar-refractivity contribution in [3.05, 3.63) is 97.9 Å². The highest BCUT2D eigenvalue weighted by atomic mass is 79.9. The van der Waals surface area contributed by atoms with E-state index in [0.717, 1.165) is 0 Å². The van der Waals surface area contributed by atoms with Gasteiger partial charge in [0.15, 0.2) is 0 Å². The Balaban J connectivity index is 2.31. The Morgan fingerprint density at radius 2 is 1.14 bits per heavy atom. The van der Waals surface area contributed by atoms with Gasteiger partial charge in [0.1, 0.15) is 0 Å². The van der Waals surface area contributed by atoms with Crippen LogP contribution in [0.5, 0.6) is 0 Å². The van der Waals surface area contributed by atoms with E-state index in [4.69, 9.17) is 0 Å². The molecular formula is C22H17Br2O3P. The average Bonchev–Trinajstić information content (AvgIpc) is 2.67. The van der Waals surface area contributed by atoms with E-state index in [-0.39, 0.29) is 10.9 Å². The first kappa shape index (κ1) is 20.9. The van der Waals surface area contributed by atoms with Crippen LogP contribution in [-0.2, 0) is 4.57 Å². The molecule has 0 aliphatic heterocycles. The van der Waals surface area contributed by atoms with Gasteiger partial charge >= 0.3 is 0 Å². The number of hydrogen-bond donors (Lipinski definition) is 0. The molecule has 0 fully saturated rings. The number of benzene rings is 3.